The number of allylic oxidation sites excluding steroid dienone is 1. The van der Waals surface area contributed by atoms with E-state index in [-0.39, 0.29) is 5.91 Å². The van der Waals surface area contributed by atoms with Gasteiger partial charge in [-0.2, -0.15) is 0 Å². The largest absolute Gasteiger partial charge is 0.333 e. The Bertz CT molecular complexity index is 132. The van der Waals surface area contributed by atoms with E-state index in [0.29, 0.717) is 0 Å². The number of hydrogen-bond acceptors (Lipinski definition) is 1. The third-order valence-electron chi connectivity index (χ3n) is 1.39. The van der Waals surface area contributed by atoms with Gasteiger partial charge in [-0.25, -0.2) is 0 Å². The highest BCUT2D eigenvalue weighted by Crippen LogP contribution is 2.02. The van der Waals surface area contributed by atoms with Crippen LogP contribution in [0.25, 0.3) is 0 Å². The van der Waals surface area contributed by atoms with Gasteiger partial charge in [0.05, 0.1) is 0 Å². The molecule has 0 aromatic rings. The van der Waals surface area contributed by atoms with Gasteiger partial charge in [0.15, 0.2) is 0 Å². The third-order valence-corrected chi connectivity index (χ3v) is 1.39. The van der Waals surface area contributed by atoms with Crippen molar-refractivity contribution in [2.24, 2.45) is 0 Å². The third kappa shape index (κ3) is 4.13. The Morgan fingerprint density at radius 1 is 1.40 bits per heavy atom. The molecule has 0 saturated heterocycles. The van der Waals surface area contributed by atoms with Crippen LogP contribution >= 0.6 is 0 Å². The fourth-order valence-electron chi connectivity index (χ4n) is 0.658. The monoisotopic (exact) mass is 141 g/mol. The van der Waals surface area contributed by atoms with E-state index < -0.39 is 0 Å². The first-order valence-electron chi connectivity index (χ1n) is 3.65. The van der Waals surface area contributed by atoms with Gasteiger partial charge < -0.3 is 5.32 Å². The molecular formula is C8H15NO. The van der Waals surface area contributed by atoms with Gasteiger partial charge in [0.1, 0.15) is 0 Å². The molecule has 0 aliphatic rings. The van der Waals surface area contributed by atoms with E-state index in [0.717, 1.165) is 12.8 Å². The summed E-state index contributed by atoms with van der Waals surface area (Å²) in [6.07, 6.45) is 3.82. The minimum Gasteiger partial charge on any atom is -0.333 e. The van der Waals surface area contributed by atoms with Crippen LogP contribution in [-0.2, 0) is 4.79 Å². The first kappa shape index (κ1) is 9.21. The molecule has 0 radical (unpaired) electrons. The summed E-state index contributed by atoms with van der Waals surface area (Å²) in [5.74, 6) is -0.000556. The fourth-order valence-corrected chi connectivity index (χ4v) is 0.658. The lowest BCUT2D eigenvalue weighted by atomic mass is 10.2. The van der Waals surface area contributed by atoms with E-state index in [1.807, 2.05) is 0 Å². The van der Waals surface area contributed by atoms with Crippen molar-refractivity contribution in [3.63, 3.8) is 0 Å². The normalized spacial score (nSPS) is 8.70. The van der Waals surface area contributed by atoms with Crippen LogP contribution in [0.1, 0.15) is 33.6 Å². The molecule has 1 N–H and O–H groups in total. The minimum atomic E-state index is -0.000556. The second-order valence-corrected chi connectivity index (χ2v) is 2.21. The molecule has 0 fully saturated rings. The van der Waals surface area contributed by atoms with Gasteiger partial charge in [0, 0.05) is 13.1 Å². The first-order valence-corrected chi connectivity index (χ1v) is 3.65. The Morgan fingerprint density at radius 3 is 2.20 bits per heavy atom. The van der Waals surface area contributed by atoms with Crippen molar-refractivity contribution in [2.75, 3.05) is 0 Å². The van der Waals surface area contributed by atoms with E-state index in [4.69, 9.17) is 0 Å². The molecule has 2 nitrogen and oxygen atoms in total. The Kier molecular flexibility index (Phi) is 4.63. The molecule has 0 heterocycles. The first-order chi connectivity index (χ1) is 4.70. The summed E-state index contributed by atoms with van der Waals surface area (Å²) in [5.41, 5.74) is 1.27. The van der Waals surface area contributed by atoms with Crippen molar-refractivity contribution in [1.29, 1.82) is 0 Å². The average molecular weight is 141 g/mol. The molecular weight excluding hydrogens is 126 g/mol. The smallest absolute Gasteiger partial charge is 0.220 e. The van der Waals surface area contributed by atoms with Crippen molar-refractivity contribution in [2.45, 2.75) is 33.6 Å². The molecule has 0 atom stereocenters. The highest BCUT2D eigenvalue weighted by Gasteiger charge is 1.89. The van der Waals surface area contributed by atoms with Crippen molar-refractivity contribution in [3.8, 4) is 0 Å². The molecule has 0 aromatic heterocycles. The molecule has 0 rings (SSSR count). The molecule has 0 unspecified atom stereocenters. The van der Waals surface area contributed by atoms with Crippen molar-refractivity contribution < 1.29 is 4.79 Å². The molecule has 10 heavy (non-hydrogen) atoms. The van der Waals surface area contributed by atoms with E-state index in [9.17, 15) is 4.79 Å². The van der Waals surface area contributed by atoms with Crippen molar-refractivity contribution >= 4 is 5.91 Å². The van der Waals surface area contributed by atoms with E-state index >= 15 is 0 Å². The van der Waals surface area contributed by atoms with Gasteiger partial charge in [0.25, 0.3) is 0 Å². The zero-order valence-corrected chi connectivity index (χ0v) is 6.90. The van der Waals surface area contributed by atoms with Crippen LogP contribution in [0.4, 0.5) is 0 Å². The minimum absolute atomic E-state index is 0.000556. The number of rotatable bonds is 3. The van der Waals surface area contributed by atoms with Gasteiger partial charge in [-0.15, -0.1) is 0 Å². The van der Waals surface area contributed by atoms with Crippen LogP contribution in [-0.4, -0.2) is 5.91 Å². The van der Waals surface area contributed by atoms with Crippen LogP contribution in [0.15, 0.2) is 11.8 Å². The standard InChI is InChI=1S/C8H15NO/c1-4-8(5-2)6-9-7(3)10/h6H,4-5H2,1-3H3,(H,9,10). The van der Waals surface area contributed by atoms with Gasteiger partial charge in [-0.3, -0.25) is 4.79 Å². The molecule has 2 heteroatoms. The quantitative estimate of drug-likeness (QED) is 0.638. The van der Waals surface area contributed by atoms with Gasteiger partial charge in [-0.05, 0) is 12.8 Å². The highest BCUT2D eigenvalue weighted by atomic mass is 16.1. The fraction of sp³-hybridized carbons (Fsp3) is 0.625. The zero-order chi connectivity index (χ0) is 7.98. The summed E-state index contributed by atoms with van der Waals surface area (Å²) in [6, 6.07) is 0. The van der Waals surface area contributed by atoms with Crippen LogP contribution in [0.2, 0.25) is 0 Å². The molecule has 58 valence electrons. The zero-order valence-electron chi connectivity index (χ0n) is 6.90. The van der Waals surface area contributed by atoms with Crippen LogP contribution in [0, 0.1) is 0 Å². The number of carbonyl (C=O) groups excluding carboxylic acids is 1. The van der Waals surface area contributed by atoms with Crippen LogP contribution < -0.4 is 5.32 Å². The number of hydrogen-bond donors (Lipinski definition) is 1. The number of amides is 1. The van der Waals surface area contributed by atoms with Crippen molar-refractivity contribution in [1.82, 2.24) is 5.32 Å². The lowest BCUT2D eigenvalue weighted by Gasteiger charge is -1.99. The van der Waals surface area contributed by atoms with E-state index in [1.165, 1.54) is 12.5 Å². The predicted octanol–water partition coefficient (Wildman–Crippen LogP) is 1.83. The molecule has 0 spiro atoms. The Hall–Kier alpha value is -0.790. The summed E-state index contributed by atoms with van der Waals surface area (Å²) < 4.78 is 0. The average Bonchev–Trinajstić information content (AvgIpc) is 1.90. The summed E-state index contributed by atoms with van der Waals surface area (Å²) in [4.78, 5) is 10.4. The van der Waals surface area contributed by atoms with Crippen LogP contribution in [0.5, 0.6) is 0 Å². The summed E-state index contributed by atoms with van der Waals surface area (Å²) in [7, 11) is 0. The highest BCUT2D eigenvalue weighted by molar-refractivity contribution is 5.73. The summed E-state index contributed by atoms with van der Waals surface area (Å²) in [5, 5.41) is 2.65. The molecule has 0 bridgehead atoms. The second-order valence-electron chi connectivity index (χ2n) is 2.21. The Morgan fingerprint density at radius 2 is 1.90 bits per heavy atom. The number of carbonyl (C=O) groups is 1. The summed E-state index contributed by atoms with van der Waals surface area (Å²) in [6.45, 7) is 5.67. The maximum absolute atomic E-state index is 10.4. The van der Waals surface area contributed by atoms with E-state index in [2.05, 4.69) is 19.2 Å². The molecule has 0 saturated carbocycles. The lowest BCUT2D eigenvalue weighted by molar-refractivity contribution is -0.118. The maximum Gasteiger partial charge on any atom is 0.220 e. The van der Waals surface area contributed by atoms with Gasteiger partial charge in [-0.1, -0.05) is 19.4 Å². The molecule has 0 aliphatic heterocycles. The van der Waals surface area contributed by atoms with Crippen molar-refractivity contribution in [3.05, 3.63) is 11.8 Å². The van der Waals surface area contributed by atoms with Gasteiger partial charge >= 0.3 is 0 Å². The molecule has 0 aromatic carbocycles. The second kappa shape index (κ2) is 5.03. The Balaban J connectivity index is 3.74. The lowest BCUT2D eigenvalue weighted by Crippen LogP contribution is -2.12. The summed E-state index contributed by atoms with van der Waals surface area (Å²) >= 11 is 0. The predicted molar refractivity (Wildman–Crippen MR) is 42.5 cm³/mol. The van der Waals surface area contributed by atoms with Crippen LogP contribution in [0.3, 0.4) is 0 Å². The topological polar surface area (TPSA) is 29.1 Å². The number of nitrogens with one attached hydrogen (secondary N) is 1. The Labute approximate surface area is 62.3 Å². The maximum atomic E-state index is 10.4. The van der Waals surface area contributed by atoms with Gasteiger partial charge in [0.2, 0.25) is 5.91 Å². The molecule has 0 aliphatic carbocycles. The molecule has 1 amide bonds. The van der Waals surface area contributed by atoms with E-state index in [1.54, 1.807) is 6.20 Å². The SMILES string of the molecule is CCC(=CNC(C)=O)CC.